The molecule has 0 saturated heterocycles. The predicted molar refractivity (Wildman–Crippen MR) is 80.5 cm³/mol. The van der Waals surface area contributed by atoms with E-state index in [2.05, 4.69) is 5.32 Å². The Morgan fingerprint density at radius 1 is 1.26 bits per heavy atom. The van der Waals surface area contributed by atoms with Crippen LogP contribution in [0.2, 0.25) is 0 Å². The lowest BCUT2D eigenvalue weighted by molar-refractivity contribution is 0.0947. The molecule has 1 amide bonds. The normalized spacial score (nSPS) is 10.5. The van der Waals surface area contributed by atoms with Gasteiger partial charge >= 0.3 is 0 Å². The van der Waals surface area contributed by atoms with Crippen LogP contribution in [-0.4, -0.2) is 13.0 Å². The van der Waals surface area contributed by atoms with E-state index in [1.807, 2.05) is 0 Å². The molecule has 0 bridgehead atoms. The molecular weight excluding hydrogens is 301 g/mol. The van der Waals surface area contributed by atoms with Crippen molar-refractivity contribution in [3.63, 3.8) is 0 Å². The van der Waals surface area contributed by atoms with Crippen molar-refractivity contribution in [2.24, 2.45) is 0 Å². The summed E-state index contributed by atoms with van der Waals surface area (Å²) in [6, 6.07) is 9.37. The van der Waals surface area contributed by atoms with Gasteiger partial charge in [-0.25, -0.2) is 4.39 Å². The summed E-state index contributed by atoms with van der Waals surface area (Å²) in [4.78, 5) is 12.0. The smallest absolute Gasteiger partial charge is 0.251 e. The van der Waals surface area contributed by atoms with Crippen LogP contribution in [0.1, 0.15) is 16.1 Å². The Labute approximate surface area is 131 Å². The Hall–Kier alpha value is -3.02. The Balaban J connectivity index is 1.64. The summed E-state index contributed by atoms with van der Waals surface area (Å²) in [6.45, 7) is 0.199. The van der Waals surface area contributed by atoms with Crippen molar-refractivity contribution >= 4 is 5.91 Å². The molecule has 0 unspecified atom stereocenters. The molecular formula is C17H14FNO4. The van der Waals surface area contributed by atoms with E-state index >= 15 is 0 Å². The lowest BCUT2D eigenvalue weighted by atomic mass is 10.2. The number of nitrogens with one attached hydrogen (secondary N) is 1. The third-order valence-corrected chi connectivity index (χ3v) is 3.30. The zero-order chi connectivity index (χ0) is 16.2. The zero-order valence-electron chi connectivity index (χ0n) is 12.3. The quantitative estimate of drug-likeness (QED) is 0.781. The highest BCUT2D eigenvalue weighted by Gasteiger charge is 2.11. The van der Waals surface area contributed by atoms with Crippen LogP contribution in [0.15, 0.2) is 57.8 Å². The van der Waals surface area contributed by atoms with Gasteiger partial charge in [0.25, 0.3) is 5.91 Å². The number of furan rings is 2. The lowest BCUT2D eigenvalue weighted by Crippen LogP contribution is -2.22. The second kappa shape index (κ2) is 6.39. The molecule has 118 valence electrons. The summed E-state index contributed by atoms with van der Waals surface area (Å²) in [6.07, 6.45) is 3.12. The van der Waals surface area contributed by atoms with Gasteiger partial charge in [0.05, 0.1) is 25.5 Å². The van der Waals surface area contributed by atoms with Crippen LogP contribution >= 0.6 is 0 Å². The first-order chi connectivity index (χ1) is 11.2. The number of methoxy groups -OCH3 is 1. The van der Waals surface area contributed by atoms with E-state index in [1.165, 1.54) is 19.2 Å². The van der Waals surface area contributed by atoms with Gasteiger partial charge in [0, 0.05) is 5.56 Å². The van der Waals surface area contributed by atoms with Gasteiger partial charge in [0.2, 0.25) is 0 Å². The molecule has 0 saturated carbocycles. The summed E-state index contributed by atoms with van der Waals surface area (Å²) >= 11 is 0. The van der Waals surface area contributed by atoms with E-state index in [0.29, 0.717) is 11.5 Å². The van der Waals surface area contributed by atoms with Gasteiger partial charge in [0.1, 0.15) is 17.8 Å². The minimum atomic E-state index is -0.583. The second-order valence-corrected chi connectivity index (χ2v) is 4.81. The maximum Gasteiger partial charge on any atom is 0.251 e. The summed E-state index contributed by atoms with van der Waals surface area (Å²) < 4.78 is 29.0. The van der Waals surface area contributed by atoms with Gasteiger partial charge in [-0.1, -0.05) is 0 Å². The Morgan fingerprint density at radius 3 is 2.83 bits per heavy atom. The van der Waals surface area contributed by atoms with Crippen molar-refractivity contribution in [2.45, 2.75) is 6.54 Å². The SMILES string of the molecule is COc1ccc(C(=O)NCc2ccc(-c3ccoc3)o2)cc1F. The molecule has 0 radical (unpaired) electrons. The van der Waals surface area contributed by atoms with Gasteiger partial charge in [-0.05, 0) is 36.4 Å². The number of carbonyl (C=O) groups excluding carboxylic acids is 1. The zero-order valence-corrected chi connectivity index (χ0v) is 12.3. The fourth-order valence-electron chi connectivity index (χ4n) is 2.11. The van der Waals surface area contributed by atoms with Gasteiger partial charge in [-0.15, -0.1) is 0 Å². The molecule has 0 aliphatic rings. The molecule has 3 rings (SSSR count). The summed E-state index contributed by atoms with van der Waals surface area (Å²) in [5.74, 6) is 0.354. The van der Waals surface area contributed by atoms with Crippen molar-refractivity contribution in [3.05, 3.63) is 66.1 Å². The molecule has 2 aromatic heterocycles. The second-order valence-electron chi connectivity index (χ2n) is 4.81. The minimum absolute atomic E-state index is 0.0948. The van der Waals surface area contributed by atoms with Crippen LogP contribution in [-0.2, 0) is 6.54 Å². The van der Waals surface area contributed by atoms with Crippen LogP contribution < -0.4 is 10.1 Å². The maximum absolute atomic E-state index is 13.6. The Bertz CT molecular complexity index is 808. The summed E-state index contributed by atoms with van der Waals surface area (Å²) in [7, 11) is 1.37. The molecule has 0 atom stereocenters. The van der Waals surface area contributed by atoms with Crippen LogP contribution in [0.3, 0.4) is 0 Å². The molecule has 0 fully saturated rings. The van der Waals surface area contributed by atoms with E-state index in [-0.39, 0.29) is 17.9 Å². The lowest BCUT2D eigenvalue weighted by Gasteiger charge is -2.06. The van der Waals surface area contributed by atoms with Gasteiger partial charge in [-0.3, -0.25) is 4.79 Å². The molecule has 0 spiro atoms. The van der Waals surface area contributed by atoms with E-state index in [1.54, 1.807) is 30.7 Å². The highest BCUT2D eigenvalue weighted by Crippen LogP contribution is 2.22. The molecule has 5 nitrogen and oxygen atoms in total. The van der Waals surface area contributed by atoms with E-state index in [4.69, 9.17) is 13.6 Å². The number of ether oxygens (including phenoxy) is 1. The number of rotatable bonds is 5. The summed E-state index contributed by atoms with van der Waals surface area (Å²) in [5.41, 5.74) is 1.03. The van der Waals surface area contributed by atoms with Crippen molar-refractivity contribution in [3.8, 4) is 17.1 Å². The first kappa shape index (κ1) is 14.9. The van der Waals surface area contributed by atoms with Gasteiger partial charge < -0.3 is 18.9 Å². The molecule has 1 aromatic carbocycles. The van der Waals surface area contributed by atoms with E-state index in [0.717, 1.165) is 11.6 Å². The fraction of sp³-hybridized carbons (Fsp3) is 0.118. The fourth-order valence-corrected chi connectivity index (χ4v) is 2.11. The number of hydrogen-bond acceptors (Lipinski definition) is 4. The largest absolute Gasteiger partial charge is 0.494 e. The molecule has 6 heteroatoms. The maximum atomic E-state index is 13.6. The predicted octanol–water partition coefficient (Wildman–Crippen LogP) is 3.62. The highest BCUT2D eigenvalue weighted by atomic mass is 19.1. The first-order valence-electron chi connectivity index (χ1n) is 6.90. The minimum Gasteiger partial charge on any atom is -0.494 e. The van der Waals surface area contributed by atoms with Crippen LogP contribution in [0.25, 0.3) is 11.3 Å². The van der Waals surface area contributed by atoms with Crippen molar-refractivity contribution in [1.82, 2.24) is 5.32 Å². The summed E-state index contributed by atoms with van der Waals surface area (Å²) in [5, 5.41) is 2.67. The van der Waals surface area contributed by atoms with Crippen LogP contribution in [0.5, 0.6) is 5.75 Å². The molecule has 23 heavy (non-hydrogen) atoms. The Morgan fingerprint density at radius 2 is 2.13 bits per heavy atom. The standard InChI is InChI=1S/C17H14FNO4/c1-21-16-4-2-11(8-14(16)18)17(20)19-9-13-3-5-15(23-13)12-6-7-22-10-12/h2-8,10H,9H2,1H3,(H,19,20). The molecule has 0 aliphatic carbocycles. The Kier molecular flexibility index (Phi) is 4.14. The molecule has 0 aliphatic heterocycles. The molecule has 3 aromatic rings. The first-order valence-corrected chi connectivity index (χ1v) is 6.90. The number of halogens is 1. The van der Waals surface area contributed by atoms with Gasteiger partial charge in [-0.2, -0.15) is 0 Å². The number of carbonyl (C=O) groups is 1. The van der Waals surface area contributed by atoms with E-state index in [9.17, 15) is 9.18 Å². The molecule has 1 N–H and O–H groups in total. The van der Waals surface area contributed by atoms with Crippen molar-refractivity contribution in [1.29, 1.82) is 0 Å². The third kappa shape index (κ3) is 3.26. The highest BCUT2D eigenvalue weighted by molar-refractivity contribution is 5.94. The molecule has 2 heterocycles. The number of benzene rings is 1. The van der Waals surface area contributed by atoms with E-state index < -0.39 is 11.7 Å². The average molecular weight is 315 g/mol. The average Bonchev–Trinajstić information content (AvgIpc) is 3.23. The van der Waals surface area contributed by atoms with Crippen molar-refractivity contribution in [2.75, 3.05) is 7.11 Å². The number of amides is 1. The number of hydrogen-bond donors (Lipinski definition) is 1. The monoisotopic (exact) mass is 315 g/mol. The van der Waals surface area contributed by atoms with Crippen molar-refractivity contribution < 1.29 is 22.8 Å². The third-order valence-electron chi connectivity index (χ3n) is 3.30. The van der Waals surface area contributed by atoms with Crippen LogP contribution in [0.4, 0.5) is 4.39 Å². The van der Waals surface area contributed by atoms with Crippen LogP contribution in [0, 0.1) is 5.82 Å². The topological polar surface area (TPSA) is 64.6 Å². The van der Waals surface area contributed by atoms with Gasteiger partial charge in [0.15, 0.2) is 11.6 Å².